The van der Waals surface area contributed by atoms with Crippen LogP contribution in [0.25, 0.3) is 43.5 Å². The van der Waals surface area contributed by atoms with Crippen LogP contribution in [-0.4, -0.2) is 21.8 Å². The van der Waals surface area contributed by atoms with Crippen LogP contribution in [0.5, 0.6) is 0 Å². The van der Waals surface area contributed by atoms with Crippen LogP contribution in [0.1, 0.15) is 5.76 Å². The standard InChI is InChI=1S/C27H16BrFN4O4S/c28-18-8-5-14(29)11-17(18)26-32-20-12-15(6-9-21(20)37-26)31-25(35)24(34)30-13-16-7-10-22(36-16)27-33-19-3-1-2-4-23(19)38-27/h1-12H,13H2,(H,30,34)(H,31,35). The molecule has 2 amide bonds. The van der Waals surface area contributed by atoms with Gasteiger partial charge in [0.1, 0.15) is 17.1 Å². The van der Waals surface area contributed by atoms with E-state index in [1.54, 1.807) is 36.4 Å². The Bertz CT molecular complexity index is 1810. The number of nitrogens with zero attached hydrogens (tertiary/aromatic N) is 2. The summed E-state index contributed by atoms with van der Waals surface area (Å²) in [4.78, 5) is 33.8. The molecule has 0 spiro atoms. The van der Waals surface area contributed by atoms with Crippen molar-refractivity contribution in [2.75, 3.05) is 5.32 Å². The van der Waals surface area contributed by atoms with E-state index in [0.29, 0.717) is 38.3 Å². The molecule has 11 heteroatoms. The van der Waals surface area contributed by atoms with Gasteiger partial charge in [0.05, 0.1) is 22.3 Å². The van der Waals surface area contributed by atoms with Gasteiger partial charge in [-0.25, -0.2) is 14.4 Å². The number of oxazole rings is 1. The summed E-state index contributed by atoms with van der Waals surface area (Å²) in [5.41, 5.74) is 2.58. The number of benzene rings is 3. The van der Waals surface area contributed by atoms with E-state index < -0.39 is 17.6 Å². The molecule has 6 rings (SSSR count). The van der Waals surface area contributed by atoms with Crippen LogP contribution >= 0.6 is 27.3 Å². The summed E-state index contributed by atoms with van der Waals surface area (Å²) in [6.45, 7) is 0.0331. The fourth-order valence-corrected chi connectivity index (χ4v) is 5.13. The number of halogens is 2. The first-order valence-electron chi connectivity index (χ1n) is 11.3. The second kappa shape index (κ2) is 9.84. The van der Waals surface area contributed by atoms with Crippen LogP contribution in [0.15, 0.2) is 86.1 Å². The summed E-state index contributed by atoms with van der Waals surface area (Å²) >= 11 is 4.87. The Kier molecular flexibility index (Phi) is 6.22. The lowest BCUT2D eigenvalue weighted by atomic mass is 10.2. The van der Waals surface area contributed by atoms with E-state index in [2.05, 4.69) is 36.5 Å². The number of rotatable bonds is 5. The summed E-state index contributed by atoms with van der Waals surface area (Å²) in [6.07, 6.45) is 0. The van der Waals surface area contributed by atoms with Gasteiger partial charge < -0.3 is 19.5 Å². The molecule has 0 aliphatic heterocycles. The number of carbonyl (C=O) groups is 2. The van der Waals surface area contributed by atoms with Crippen molar-refractivity contribution in [2.24, 2.45) is 0 Å². The Morgan fingerprint density at radius 2 is 1.79 bits per heavy atom. The molecule has 0 radical (unpaired) electrons. The zero-order valence-electron chi connectivity index (χ0n) is 19.3. The number of amides is 2. The molecular formula is C27H16BrFN4O4S. The first-order valence-corrected chi connectivity index (χ1v) is 12.9. The zero-order chi connectivity index (χ0) is 26.2. The zero-order valence-corrected chi connectivity index (χ0v) is 21.7. The van der Waals surface area contributed by atoms with Gasteiger partial charge in [0.15, 0.2) is 16.4 Å². The topological polar surface area (TPSA) is 110 Å². The number of aromatic nitrogens is 2. The SMILES string of the molecule is O=C(NCc1ccc(-c2nc3ccccc3s2)o1)C(=O)Nc1ccc2oc(-c3cc(F)ccc3Br)nc2c1. The Morgan fingerprint density at radius 3 is 2.66 bits per heavy atom. The van der Waals surface area contributed by atoms with E-state index in [1.807, 2.05) is 24.3 Å². The summed E-state index contributed by atoms with van der Waals surface area (Å²) in [5.74, 6) is -0.805. The van der Waals surface area contributed by atoms with E-state index in [0.717, 1.165) is 15.2 Å². The largest absolute Gasteiger partial charge is 0.457 e. The molecule has 6 aromatic rings. The minimum absolute atomic E-state index is 0.0331. The normalized spacial score (nSPS) is 11.2. The fourth-order valence-electron chi connectivity index (χ4n) is 3.78. The van der Waals surface area contributed by atoms with Crippen LogP contribution in [0, 0.1) is 5.82 Å². The van der Waals surface area contributed by atoms with Crippen LogP contribution in [0.4, 0.5) is 10.1 Å². The molecule has 0 fully saturated rings. The van der Waals surface area contributed by atoms with Gasteiger partial charge in [-0.05, 0) is 76.6 Å². The van der Waals surface area contributed by atoms with Crippen molar-refractivity contribution in [1.29, 1.82) is 0 Å². The van der Waals surface area contributed by atoms with E-state index >= 15 is 0 Å². The van der Waals surface area contributed by atoms with Crippen molar-refractivity contribution >= 4 is 66.1 Å². The third kappa shape index (κ3) is 4.81. The van der Waals surface area contributed by atoms with Crippen LogP contribution in [-0.2, 0) is 16.1 Å². The number of thiazole rings is 1. The molecule has 3 aromatic carbocycles. The highest BCUT2D eigenvalue weighted by molar-refractivity contribution is 9.10. The molecule has 0 atom stereocenters. The number of fused-ring (bicyclic) bond motifs is 2. The lowest BCUT2D eigenvalue weighted by Crippen LogP contribution is -2.34. The van der Waals surface area contributed by atoms with Crippen molar-refractivity contribution < 1.29 is 22.8 Å². The number of hydrogen-bond acceptors (Lipinski definition) is 7. The number of nitrogens with one attached hydrogen (secondary N) is 2. The Labute approximate surface area is 226 Å². The highest BCUT2D eigenvalue weighted by atomic mass is 79.9. The molecule has 0 saturated carbocycles. The molecule has 38 heavy (non-hydrogen) atoms. The number of para-hydroxylation sites is 1. The van der Waals surface area contributed by atoms with Gasteiger partial charge in [0, 0.05) is 10.2 Å². The lowest BCUT2D eigenvalue weighted by molar-refractivity contribution is -0.136. The monoisotopic (exact) mass is 590 g/mol. The lowest BCUT2D eigenvalue weighted by Gasteiger charge is -2.05. The predicted molar refractivity (Wildman–Crippen MR) is 145 cm³/mol. The minimum atomic E-state index is -0.848. The molecular weight excluding hydrogens is 575 g/mol. The van der Waals surface area contributed by atoms with E-state index in [-0.39, 0.29) is 12.4 Å². The number of carbonyl (C=O) groups excluding carboxylic acids is 2. The smallest absolute Gasteiger partial charge is 0.313 e. The minimum Gasteiger partial charge on any atom is -0.457 e. The second-order valence-electron chi connectivity index (χ2n) is 8.22. The quantitative estimate of drug-likeness (QED) is 0.221. The average Bonchev–Trinajstić information content (AvgIpc) is 3.66. The fraction of sp³-hybridized carbons (Fsp3) is 0.0370. The maximum atomic E-state index is 13.7. The molecule has 0 aliphatic rings. The highest BCUT2D eigenvalue weighted by Crippen LogP contribution is 2.32. The van der Waals surface area contributed by atoms with E-state index in [4.69, 9.17) is 8.83 Å². The number of hydrogen-bond donors (Lipinski definition) is 2. The highest BCUT2D eigenvalue weighted by Gasteiger charge is 2.17. The third-order valence-electron chi connectivity index (χ3n) is 5.60. The average molecular weight is 591 g/mol. The third-order valence-corrected chi connectivity index (χ3v) is 7.34. The van der Waals surface area contributed by atoms with Gasteiger partial charge in [-0.2, -0.15) is 0 Å². The summed E-state index contributed by atoms with van der Waals surface area (Å²) < 4.78 is 26.9. The molecule has 2 N–H and O–H groups in total. The van der Waals surface area contributed by atoms with Gasteiger partial charge in [0.25, 0.3) is 0 Å². The second-order valence-corrected chi connectivity index (χ2v) is 10.1. The first-order chi connectivity index (χ1) is 18.4. The van der Waals surface area contributed by atoms with Crippen molar-refractivity contribution in [1.82, 2.24) is 15.3 Å². The van der Waals surface area contributed by atoms with Crippen LogP contribution in [0.3, 0.4) is 0 Å². The molecule has 0 aliphatic carbocycles. The van der Waals surface area contributed by atoms with Gasteiger partial charge in [0.2, 0.25) is 5.89 Å². The first kappa shape index (κ1) is 24.0. The van der Waals surface area contributed by atoms with Crippen LogP contribution in [0.2, 0.25) is 0 Å². The molecule has 3 heterocycles. The number of furan rings is 1. The summed E-state index contributed by atoms with van der Waals surface area (Å²) in [6, 6.07) is 20.3. The van der Waals surface area contributed by atoms with Gasteiger partial charge in [-0.15, -0.1) is 11.3 Å². The van der Waals surface area contributed by atoms with Gasteiger partial charge in [-0.3, -0.25) is 9.59 Å². The molecule has 8 nitrogen and oxygen atoms in total. The van der Waals surface area contributed by atoms with Crippen molar-refractivity contribution in [2.45, 2.75) is 6.54 Å². The van der Waals surface area contributed by atoms with Gasteiger partial charge in [-0.1, -0.05) is 12.1 Å². The molecule has 188 valence electrons. The molecule has 0 unspecified atom stereocenters. The summed E-state index contributed by atoms with van der Waals surface area (Å²) in [7, 11) is 0. The van der Waals surface area contributed by atoms with E-state index in [9.17, 15) is 14.0 Å². The van der Waals surface area contributed by atoms with Crippen molar-refractivity contribution in [3.05, 3.63) is 88.8 Å². The van der Waals surface area contributed by atoms with Crippen molar-refractivity contribution in [3.8, 4) is 22.2 Å². The summed E-state index contributed by atoms with van der Waals surface area (Å²) in [5, 5.41) is 5.83. The van der Waals surface area contributed by atoms with Crippen molar-refractivity contribution in [3.63, 3.8) is 0 Å². The molecule has 0 bridgehead atoms. The predicted octanol–water partition coefficient (Wildman–Crippen LogP) is 6.52. The number of anilines is 1. The van der Waals surface area contributed by atoms with Gasteiger partial charge >= 0.3 is 11.8 Å². The Hall–Kier alpha value is -4.35. The molecule has 3 aromatic heterocycles. The molecule has 0 saturated heterocycles. The maximum Gasteiger partial charge on any atom is 0.313 e. The maximum absolute atomic E-state index is 13.7. The van der Waals surface area contributed by atoms with E-state index in [1.165, 1.54) is 23.5 Å². The van der Waals surface area contributed by atoms with Crippen LogP contribution < -0.4 is 10.6 Å². The Balaban J connectivity index is 1.10. The Morgan fingerprint density at radius 1 is 0.921 bits per heavy atom.